The molecule has 5 atom stereocenters. The first-order chi connectivity index (χ1) is 14.9. The van der Waals surface area contributed by atoms with Gasteiger partial charge in [-0.05, 0) is 6.42 Å². The second-order valence-electron chi connectivity index (χ2n) is 8.90. The molecule has 0 radical (unpaired) electrons. The van der Waals surface area contributed by atoms with Crippen LogP contribution in [0.25, 0.3) is 0 Å². The van der Waals surface area contributed by atoms with Crippen molar-refractivity contribution in [3.63, 3.8) is 0 Å². The van der Waals surface area contributed by atoms with Gasteiger partial charge >= 0.3 is 5.97 Å². The van der Waals surface area contributed by atoms with Crippen molar-refractivity contribution in [2.75, 3.05) is 6.61 Å². The van der Waals surface area contributed by atoms with Crippen LogP contribution < -0.4 is 0 Å². The summed E-state index contributed by atoms with van der Waals surface area (Å²) in [4.78, 5) is 12.3. The molecule has 0 amide bonds. The van der Waals surface area contributed by atoms with Crippen LogP contribution in [0, 0.1) is 0 Å². The van der Waals surface area contributed by atoms with E-state index in [1.54, 1.807) is 6.92 Å². The monoisotopic (exact) mass is 446 g/mol. The molecule has 31 heavy (non-hydrogen) atoms. The van der Waals surface area contributed by atoms with Gasteiger partial charge in [0.1, 0.15) is 24.4 Å². The molecule has 1 fully saturated rings. The van der Waals surface area contributed by atoms with Crippen LogP contribution in [-0.4, -0.2) is 63.2 Å². The highest BCUT2D eigenvalue weighted by molar-refractivity contribution is 5.69. The first kappa shape index (κ1) is 28.3. The minimum Gasteiger partial charge on any atom is -0.430 e. The Kier molecular flexibility index (Phi) is 14.6. The molecule has 0 aromatic rings. The highest BCUT2D eigenvalue weighted by Crippen LogP contribution is 2.34. The van der Waals surface area contributed by atoms with Gasteiger partial charge in [0.2, 0.25) is 5.79 Å². The Hall–Kier alpha value is -0.730. The van der Waals surface area contributed by atoms with E-state index in [1.807, 2.05) is 0 Å². The molecular weight excluding hydrogens is 400 g/mol. The topological polar surface area (TPSA) is 116 Å². The largest absolute Gasteiger partial charge is 0.430 e. The molecule has 0 aliphatic carbocycles. The maximum Gasteiger partial charge on any atom is 0.308 e. The predicted molar refractivity (Wildman–Crippen MR) is 119 cm³/mol. The van der Waals surface area contributed by atoms with Gasteiger partial charge in [-0.1, -0.05) is 90.9 Å². The molecule has 0 aromatic carbocycles. The van der Waals surface area contributed by atoms with Gasteiger partial charge in [0.05, 0.1) is 6.61 Å². The molecule has 1 aliphatic heterocycles. The van der Waals surface area contributed by atoms with Crippen molar-refractivity contribution in [2.45, 2.75) is 140 Å². The molecule has 7 nitrogen and oxygen atoms in total. The number of aliphatic hydroxyl groups is 4. The number of aliphatic hydroxyl groups excluding tert-OH is 4. The summed E-state index contributed by atoms with van der Waals surface area (Å²) in [7, 11) is 0. The van der Waals surface area contributed by atoms with Crippen LogP contribution in [0.15, 0.2) is 0 Å². The average molecular weight is 447 g/mol. The van der Waals surface area contributed by atoms with Crippen molar-refractivity contribution in [3.8, 4) is 0 Å². The minimum atomic E-state index is -1.75. The lowest BCUT2D eigenvalue weighted by Gasteiger charge is -2.47. The van der Waals surface area contributed by atoms with Gasteiger partial charge in [-0.2, -0.15) is 0 Å². The van der Waals surface area contributed by atoms with Crippen LogP contribution in [0.5, 0.6) is 0 Å². The summed E-state index contributed by atoms with van der Waals surface area (Å²) in [6.45, 7) is 3.34. The second-order valence-corrected chi connectivity index (χ2v) is 8.90. The summed E-state index contributed by atoms with van der Waals surface area (Å²) in [5, 5.41) is 39.6. The third kappa shape index (κ3) is 9.74. The van der Waals surface area contributed by atoms with E-state index in [1.165, 1.54) is 64.2 Å². The molecule has 1 aliphatic rings. The van der Waals surface area contributed by atoms with Crippen LogP contribution in [0.2, 0.25) is 0 Å². The molecule has 184 valence electrons. The number of carbonyl (C=O) groups is 1. The fraction of sp³-hybridized carbons (Fsp3) is 0.958. The summed E-state index contributed by atoms with van der Waals surface area (Å²) in [5.41, 5.74) is 0. The lowest BCUT2D eigenvalue weighted by molar-refractivity contribution is -0.352. The zero-order valence-corrected chi connectivity index (χ0v) is 19.6. The highest BCUT2D eigenvalue weighted by atomic mass is 16.7. The maximum atomic E-state index is 12.3. The Labute approximate surface area is 188 Å². The van der Waals surface area contributed by atoms with Crippen molar-refractivity contribution in [2.24, 2.45) is 0 Å². The lowest BCUT2D eigenvalue weighted by Crippen LogP contribution is -2.66. The highest BCUT2D eigenvalue weighted by Gasteiger charge is 2.55. The molecule has 0 bridgehead atoms. The van der Waals surface area contributed by atoms with Gasteiger partial charge in [-0.15, -0.1) is 0 Å². The zero-order valence-electron chi connectivity index (χ0n) is 19.6. The van der Waals surface area contributed by atoms with Crippen molar-refractivity contribution in [1.29, 1.82) is 0 Å². The van der Waals surface area contributed by atoms with E-state index >= 15 is 0 Å². The lowest BCUT2D eigenvalue weighted by atomic mass is 9.91. The van der Waals surface area contributed by atoms with Crippen molar-refractivity contribution >= 4 is 5.97 Å². The fourth-order valence-electron chi connectivity index (χ4n) is 4.19. The minimum absolute atomic E-state index is 0.0960. The van der Waals surface area contributed by atoms with Gasteiger partial charge in [0.15, 0.2) is 0 Å². The van der Waals surface area contributed by atoms with Crippen LogP contribution in [0.1, 0.15) is 110 Å². The smallest absolute Gasteiger partial charge is 0.308 e. The maximum absolute atomic E-state index is 12.3. The standard InChI is InChI=1S/C24H46O7/c1-3-5-6-7-8-9-10-11-12-13-14-15-16-17-20(26)31-24(4-2)23(29)22(28)21(27)19(18-25)30-24/h19,21-23,25,27-29H,3-18H2,1-2H3/t19-,21-,22+,23-,24?/m1/s1. The summed E-state index contributed by atoms with van der Waals surface area (Å²) >= 11 is 0. The van der Waals surface area contributed by atoms with E-state index in [0.29, 0.717) is 6.42 Å². The fourth-order valence-corrected chi connectivity index (χ4v) is 4.19. The number of hydrogen-bond donors (Lipinski definition) is 4. The molecule has 1 heterocycles. The van der Waals surface area contributed by atoms with Crippen LogP contribution >= 0.6 is 0 Å². The van der Waals surface area contributed by atoms with Gasteiger partial charge in [0.25, 0.3) is 0 Å². The average Bonchev–Trinajstić information content (AvgIpc) is 2.77. The van der Waals surface area contributed by atoms with E-state index in [0.717, 1.165) is 12.8 Å². The second kappa shape index (κ2) is 16.0. The van der Waals surface area contributed by atoms with E-state index < -0.39 is 42.8 Å². The molecule has 4 N–H and O–H groups in total. The molecule has 0 aromatic heterocycles. The Morgan fingerprint density at radius 1 is 0.806 bits per heavy atom. The molecule has 1 rings (SSSR count). The number of rotatable bonds is 17. The quantitative estimate of drug-likeness (QED) is 0.199. The van der Waals surface area contributed by atoms with Crippen LogP contribution in [0.3, 0.4) is 0 Å². The summed E-state index contributed by atoms with van der Waals surface area (Å²) in [6, 6.07) is 0. The van der Waals surface area contributed by atoms with Crippen molar-refractivity contribution in [1.82, 2.24) is 0 Å². The van der Waals surface area contributed by atoms with Crippen molar-refractivity contribution in [3.05, 3.63) is 0 Å². The Morgan fingerprint density at radius 2 is 1.29 bits per heavy atom. The van der Waals surface area contributed by atoms with Crippen LogP contribution in [0.4, 0.5) is 0 Å². The number of ether oxygens (including phenoxy) is 2. The van der Waals surface area contributed by atoms with E-state index in [2.05, 4.69) is 6.92 Å². The summed E-state index contributed by atoms with van der Waals surface area (Å²) in [6.07, 6.45) is 10.4. The predicted octanol–water partition coefficient (Wildman–Crippen LogP) is 3.59. The molecule has 1 saturated heterocycles. The van der Waals surface area contributed by atoms with Gasteiger partial charge < -0.3 is 29.9 Å². The SMILES string of the molecule is CCCCCCCCCCCCCCCC(=O)OC1(CC)O[C@H](CO)[C@@H](O)[C@H](O)[C@H]1O. The van der Waals surface area contributed by atoms with Gasteiger partial charge in [0, 0.05) is 12.8 Å². The number of esters is 1. The summed E-state index contributed by atoms with van der Waals surface area (Å²) < 4.78 is 10.9. The number of carbonyl (C=O) groups excluding carboxylic acids is 1. The van der Waals surface area contributed by atoms with Gasteiger partial charge in [-0.3, -0.25) is 4.79 Å². The van der Waals surface area contributed by atoms with E-state index in [9.17, 15) is 25.2 Å². The molecular formula is C24H46O7. The van der Waals surface area contributed by atoms with E-state index in [-0.39, 0.29) is 12.8 Å². The Balaban J connectivity index is 2.17. The first-order valence-corrected chi connectivity index (χ1v) is 12.5. The summed E-state index contributed by atoms with van der Waals surface area (Å²) in [5.74, 6) is -2.26. The zero-order chi connectivity index (χ0) is 23.1. The third-order valence-electron chi connectivity index (χ3n) is 6.30. The van der Waals surface area contributed by atoms with Crippen molar-refractivity contribution < 1.29 is 34.7 Å². The molecule has 7 heteroatoms. The Morgan fingerprint density at radius 3 is 1.74 bits per heavy atom. The van der Waals surface area contributed by atoms with Gasteiger partial charge in [-0.25, -0.2) is 0 Å². The number of hydrogen-bond acceptors (Lipinski definition) is 7. The normalized spacial score (nSPS) is 28.6. The molecule has 1 unspecified atom stereocenters. The first-order valence-electron chi connectivity index (χ1n) is 12.5. The Bertz CT molecular complexity index is 471. The van der Waals surface area contributed by atoms with E-state index in [4.69, 9.17) is 9.47 Å². The third-order valence-corrected chi connectivity index (χ3v) is 6.30. The molecule has 0 spiro atoms. The molecule has 0 saturated carbocycles. The van der Waals surface area contributed by atoms with Crippen LogP contribution in [-0.2, 0) is 14.3 Å². The number of unbranched alkanes of at least 4 members (excludes halogenated alkanes) is 12.